The fourth-order valence-electron chi connectivity index (χ4n) is 8.08. The number of hydrogen-bond donors (Lipinski definition) is 0. The summed E-state index contributed by atoms with van der Waals surface area (Å²) >= 11 is 0. The van der Waals surface area contributed by atoms with Crippen molar-refractivity contribution in [2.75, 3.05) is 33.2 Å². The molecule has 0 N–H and O–H groups in total. The van der Waals surface area contributed by atoms with Gasteiger partial charge < -0.3 is 14.7 Å². The Bertz CT molecular complexity index is 953. The van der Waals surface area contributed by atoms with E-state index in [2.05, 4.69) is 58.9 Å². The van der Waals surface area contributed by atoms with Gasteiger partial charge in [0, 0.05) is 63.7 Å². The van der Waals surface area contributed by atoms with E-state index >= 15 is 0 Å². The van der Waals surface area contributed by atoms with Crippen LogP contribution in [0.15, 0.2) is 30.3 Å². The van der Waals surface area contributed by atoms with Crippen LogP contribution in [0.1, 0.15) is 70.3 Å². The molecule has 0 radical (unpaired) electrons. The van der Waals surface area contributed by atoms with E-state index in [1.54, 1.807) is 0 Å². The molecule has 6 rings (SSSR count). The number of carbonyl (C=O) groups excluding carboxylic acids is 2. The molecule has 1 aromatic carbocycles. The van der Waals surface area contributed by atoms with E-state index < -0.39 is 0 Å². The van der Waals surface area contributed by atoms with Gasteiger partial charge in [-0.2, -0.15) is 0 Å². The first-order valence-electron chi connectivity index (χ1n) is 14.0. The second-order valence-electron chi connectivity index (χ2n) is 12.5. The number of amides is 3. The molecular weight excluding hydrogens is 472 g/mol. The average Bonchev–Trinajstić information content (AvgIpc) is 3.41. The summed E-state index contributed by atoms with van der Waals surface area (Å²) in [7, 11) is 1.97. The van der Waals surface area contributed by atoms with Crippen LogP contribution in [-0.4, -0.2) is 88.4 Å². The fraction of sp³-hybridized carbons (Fsp3) is 0.724. The maximum absolute atomic E-state index is 13.1. The van der Waals surface area contributed by atoms with Crippen LogP contribution in [-0.2, 0) is 4.79 Å². The molecule has 1 spiro atoms. The molecule has 6 nitrogen and oxygen atoms in total. The van der Waals surface area contributed by atoms with Gasteiger partial charge in [-0.1, -0.05) is 30.3 Å². The molecule has 4 atom stereocenters. The molecule has 2 unspecified atom stereocenters. The first kappa shape index (κ1) is 25.8. The van der Waals surface area contributed by atoms with Gasteiger partial charge in [-0.15, -0.1) is 12.4 Å². The van der Waals surface area contributed by atoms with E-state index in [1.165, 1.54) is 31.2 Å². The zero-order valence-corrected chi connectivity index (χ0v) is 23.0. The highest BCUT2D eigenvalue weighted by molar-refractivity contribution is 5.85. The van der Waals surface area contributed by atoms with Crippen LogP contribution < -0.4 is 0 Å². The van der Waals surface area contributed by atoms with Gasteiger partial charge in [-0.3, -0.25) is 9.69 Å². The maximum Gasteiger partial charge on any atom is 0.320 e. The molecule has 198 valence electrons. The third kappa shape index (κ3) is 4.53. The monoisotopic (exact) mass is 514 g/mol. The number of likely N-dealkylation sites (N-methyl/N-ethyl adjacent to an activating group) is 1. The highest BCUT2D eigenvalue weighted by Crippen LogP contribution is 2.48. The Morgan fingerprint density at radius 1 is 1.03 bits per heavy atom. The lowest BCUT2D eigenvalue weighted by atomic mass is 9.80. The van der Waals surface area contributed by atoms with Crippen LogP contribution in [0.25, 0.3) is 0 Å². The van der Waals surface area contributed by atoms with Crippen molar-refractivity contribution in [3.63, 3.8) is 0 Å². The molecule has 36 heavy (non-hydrogen) atoms. The molecule has 7 heteroatoms. The number of carbonyl (C=O) groups is 2. The molecule has 1 aliphatic carbocycles. The summed E-state index contributed by atoms with van der Waals surface area (Å²) in [5, 5.41) is 0. The first-order valence-corrected chi connectivity index (χ1v) is 14.0. The third-order valence-corrected chi connectivity index (χ3v) is 9.72. The minimum atomic E-state index is -0.0108. The second kappa shape index (κ2) is 9.83. The average molecular weight is 515 g/mol. The first-order chi connectivity index (χ1) is 16.8. The lowest BCUT2D eigenvalue weighted by Crippen LogP contribution is -2.60. The Kier molecular flexibility index (Phi) is 7.05. The van der Waals surface area contributed by atoms with Crippen LogP contribution in [0.2, 0.25) is 0 Å². The summed E-state index contributed by atoms with van der Waals surface area (Å²) in [6, 6.07) is 12.4. The molecule has 2 bridgehead atoms. The molecule has 4 saturated heterocycles. The van der Waals surface area contributed by atoms with Crippen LogP contribution in [0, 0.1) is 11.8 Å². The quantitative estimate of drug-likeness (QED) is 0.557. The number of halogens is 1. The molecule has 0 aromatic heterocycles. The number of benzene rings is 1. The minimum Gasteiger partial charge on any atom is -0.342 e. The van der Waals surface area contributed by atoms with Crippen molar-refractivity contribution < 1.29 is 9.59 Å². The van der Waals surface area contributed by atoms with Crippen molar-refractivity contribution >= 4 is 24.3 Å². The van der Waals surface area contributed by atoms with Gasteiger partial charge in [0.15, 0.2) is 0 Å². The van der Waals surface area contributed by atoms with E-state index in [9.17, 15) is 9.59 Å². The predicted octanol–water partition coefficient (Wildman–Crippen LogP) is 4.59. The highest BCUT2D eigenvalue weighted by atomic mass is 35.5. The Morgan fingerprint density at radius 3 is 2.31 bits per heavy atom. The smallest absolute Gasteiger partial charge is 0.320 e. The molecular formula is C29H43ClN4O2. The normalized spacial score (nSPS) is 34.2. The number of nitrogens with zero attached hydrogens (tertiary/aromatic N) is 4. The highest BCUT2D eigenvalue weighted by Gasteiger charge is 2.57. The lowest BCUT2D eigenvalue weighted by molar-refractivity contribution is -0.130. The number of rotatable bonds is 6. The summed E-state index contributed by atoms with van der Waals surface area (Å²) in [5.74, 6) is 1.91. The van der Waals surface area contributed by atoms with E-state index in [4.69, 9.17) is 0 Å². The van der Waals surface area contributed by atoms with Crippen molar-refractivity contribution in [3.05, 3.63) is 35.9 Å². The minimum absolute atomic E-state index is 0. The van der Waals surface area contributed by atoms with Crippen molar-refractivity contribution in [1.29, 1.82) is 0 Å². The number of hydrogen-bond acceptors (Lipinski definition) is 3. The summed E-state index contributed by atoms with van der Waals surface area (Å²) in [6.07, 6.45) is 7.87. The summed E-state index contributed by atoms with van der Waals surface area (Å²) in [4.78, 5) is 35.2. The lowest BCUT2D eigenvalue weighted by Gasteiger charge is -2.50. The Hall–Kier alpha value is -1.79. The van der Waals surface area contributed by atoms with E-state index in [-0.39, 0.29) is 30.0 Å². The SMILES string of the molecule is CC(C)N1C(=O)N(C)CC12CC1CCC(C2)N1C[C@H]1CN(C(=O)CC2CC2)C[C@@H]1c1ccccc1.Cl. The number of likely N-dealkylation sites (tertiary alicyclic amines) is 1. The Morgan fingerprint density at radius 2 is 1.69 bits per heavy atom. The van der Waals surface area contributed by atoms with Gasteiger partial charge in [0.1, 0.15) is 0 Å². The Balaban J connectivity index is 0.00000267. The van der Waals surface area contributed by atoms with E-state index in [0.717, 1.165) is 45.4 Å². The zero-order chi connectivity index (χ0) is 24.3. The number of piperidine rings is 1. The van der Waals surface area contributed by atoms with Gasteiger partial charge >= 0.3 is 6.03 Å². The van der Waals surface area contributed by atoms with Crippen molar-refractivity contribution in [2.24, 2.45) is 11.8 Å². The van der Waals surface area contributed by atoms with Crippen LogP contribution >= 0.6 is 12.4 Å². The zero-order valence-electron chi connectivity index (χ0n) is 22.1. The van der Waals surface area contributed by atoms with E-state index in [1.807, 2.05) is 11.9 Å². The standard InChI is InChI=1S/C29H42N4O2.ClH/c1-20(2)33-28(35)30(3)19-29(33)14-24-11-12-25(15-29)32(24)17-23-16-31(27(34)13-21-9-10-21)18-26(23)22-7-5-4-6-8-22;/h4-8,20-21,23-26H,9-19H2,1-3H3;1H/t23-,24?,25?,26-,29?;/m1./s1. The van der Waals surface area contributed by atoms with Crippen molar-refractivity contribution in [1.82, 2.24) is 19.6 Å². The summed E-state index contributed by atoms with van der Waals surface area (Å²) < 4.78 is 0. The largest absolute Gasteiger partial charge is 0.342 e. The molecule has 3 amide bonds. The van der Waals surface area contributed by atoms with Gasteiger partial charge in [-0.25, -0.2) is 4.79 Å². The molecule has 4 aliphatic heterocycles. The summed E-state index contributed by atoms with van der Waals surface area (Å²) in [6.45, 7) is 8.04. The summed E-state index contributed by atoms with van der Waals surface area (Å²) in [5.41, 5.74) is 1.37. The van der Waals surface area contributed by atoms with Crippen LogP contribution in [0.3, 0.4) is 0 Å². The number of fused-ring (bicyclic) bond motifs is 2. The van der Waals surface area contributed by atoms with Crippen molar-refractivity contribution in [3.8, 4) is 0 Å². The fourth-order valence-corrected chi connectivity index (χ4v) is 8.08. The number of urea groups is 1. The molecule has 5 aliphatic rings. The molecule has 4 heterocycles. The predicted molar refractivity (Wildman–Crippen MR) is 144 cm³/mol. The molecule has 1 saturated carbocycles. The Labute approximate surface area is 222 Å². The molecule has 1 aromatic rings. The topological polar surface area (TPSA) is 47.1 Å². The molecule has 5 fully saturated rings. The van der Waals surface area contributed by atoms with Gasteiger partial charge in [0.05, 0.1) is 5.54 Å². The van der Waals surface area contributed by atoms with E-state index in [0.29, 0.717) is 35.7 Å². The second-order valence-corrected chi connectivity index (χ2v) is 12.5. The van der Waals surface area contributed by atoms with Gasteiger partial charge in [-0.05, 0) is 69.8 Å². The maximum atomic E-state index is 13.1. The van der Waals surface area contributed by atoms with Crippen molar-refractivity contribution in [2.45, 2.75) is 88.4 Å². The van der Waals surface area contributed by atoms with Gasteiger partial charge in [0.25, 0.3) is 0 Å². The van der Waals surface area contributed by atoms with Gasteiger partial charge in [0.2, 0.25) is 5.91 Å². The van der Waals surface area contributed by atoms with Crippen LogP contribution in [0.5, 0.6) is 0 Å². The third-order valence-electron chi connectivity index (χ3n) is 9.72. The van der Waals surface area contributed by atoms with Crippen LogP contribution in [0.4, 0.5) is 4.79 Å².